The maximum Gasteiger partial charge on any atom is 0.213 e. The van der Waals surface area contributed by atoms with E-state index in [-0.39, 0.29) is 29.6 Å². The molecule has 0 aliphatic carbocycles. The summed E-state index contributed by atoms with van der Waals surface area (Å²) in [6.07, 6.45) is 10.2. The van der Waals surface area contributed by atoms with E-state index in [1.54, 1.807) is 22.8 Å². The molecule has 11 heteroatoms. The van der Waals surface area contributed by atoms with Crippen LogP contribution in [0.25, 0.3) is 28.3 Å². The van der Waals surface area contributed by atoms with E-state index in [2.05, 4.69) is 25.7 Å². The lowest BCUT2D eigenvalue weighted by atomic mass is 10.0. The zero-order valence-corrected chi connectivity index (χ0v) is 24.1. The van der Waals surface area contributed by atoms with Crippen molar-refractivity contribution in [3.05, 3.63) is 90.3 Å². The van der Waals surface area contributed by atoms with Gasteiger partial charge in [0, 0.05) is 42.5 Å². The van der Waals surface area contributed by atoms with Gasteiger partial charge in [-0.1, -0.05) is 0 Å². The molecule has 4 aromatic heterocycles. The first-order valence-electron chi connectivity index (χ1n) is 14.0. The molecule has 8 nitrogen and oxygen atoms in total. The minimum Gasteiger partial charge on any atom is -0.326 e. The largest absolute Gasteiger partial charge is 0.326 e. The summed E-state index contributed by atoms with van der Waals surface area (Å²) < 4.78 is 31.2. The van der Waals surface area contributed by atoms with Crippen LogP contribution in [0.1, 0.15) is 41.4 Å². The van der Waals surface area contributed by atoms with Gasteiger partial charge in [-0.05, 0) is 80.3 Å². The van der Waals surface area contributed by atoms with Crippen molar-refractivity contribution < 1.29 is 13.6 Å². The van der Waals surface area contributed by atoms with Gasteiger partial charge in [0.1, 0.15) is 11.5 Å². The van der Waals surface area contributed by atoms with E-state index >= 15 is 0 Å². The second-order valence-electron chi connectivity index (χ2n) is 10.5. The molecule has 0 unspecified atom stereocenters. The molecule has 1 aromatic carbocycles. The van der Waals surface area contributed by atoms with E-state index in [9.17, 15) is 13.6 Å². The van der Waals surface area contributed by atoms with E-state index < -0.39 is 5.95 Å². The summed E-state index contributed by atoms with van der Waals surface area (Å²) in [5.41, 5.74) is 4.48. The molecule has 216 valence electrons. The van der Waals surface area contributed by atoms with Gasteiger partial charge in [0.15, 0.2) is 11.4 Å². The standard InChI is InChI=1S/C31H31F2N7OS/c1-42-16-2-13-38-14-10-25(11-15-38)39-20-35-30(21-3-5-23(32)6-4-21)31(39)26-7-8-29-36-24(19-40(29)37-26)18-27(41)22-9-12-34-28(33)17-22/h3-9,12,17,19-20,25H,2,10-11,13-16,18H2,1H3. The first-order chi connectivity index (χ1) is 20.5. The average molecular weight is 588 g/mol. The van der Waals surface area contributed by atoms with Crippen molar-refractivity contribution >= 4 is 23.2 Å². The number of carbonyl (C=O) groups excluding carboxylic acids is 1. The van der Waals surface area contributed by atoms with Gasteiger partial charge in [-0.3, -0.25) is 4.79 Å². The molecule has 0 bridgehead atoms. The number of likely N-dealkylation sites (tertiary alicyclic amines) is 1. The molecule has 1 aliphatic rings. The lowest BCUT2D eigenvalue weighted by Crippen LogP contribution is -2.35. The molecular weight excluding hydrogens is 556 g/mol. The molecule has 42 heavy (non-hydrogen) atoms. The van der Waals surface area contributed by atoms with Crippen molar-refractivity contribution in [2.24, 2.45) is 0 Å². The van der Waals surface area contributed by atoms with Crippen LogP contribution in [0.15, 0.2) is 67.3 Å². The number of piperidine rings is 1. The van der Waals surface area contributed by atoms with E-state index in [1.165, 1.54) is 36.6 Å². The van der Waals surface area contributed by atoms with E-state index in [0.717, 1.165) is 55.5 Å². The molecule has 0 N–H and O–H groups in total. The number of carbonyl (C=O) groups is 1. The molecule has 0 spiro atoms. The molecule has 0 amide bonds. The number of aromatic nitrogens is 6. The summed E-state index contributed by atoms with van der Waals surface area (Å²) in [5.74, 6) is -0.0794. The van der Waals surface area contributed by atoms with Crippen LogP contribution >= 0.6 is 11.8 Å². The Morgan fingerprint density at radius 3 is 2.62 bits per heavy atom. The van der Waals surface area contributed by atoms with Crippen LogP contribution in [0, 0.1) is 11.8 Å². The minimum atomic E-state index is -0.697. The number of Topliss-reactive ketones (excluding diaryl/α,β-unsaturated/α-hetero) is 1. The summed E-state index contributed by atoms with van der Waals surface area (Å²) in [6, 6.07) is 13.0. The van der Waals surface area contributed by atoms with E-state index in [4.69, 9.17) is 10.1 Å². The molecule has 5 aromatic rings. The lowest BCUT2D eigenvalue weighted by molar-refractivity contribution is 0.0991. The Kier molecular flexibility index (Phi) is 8.38. The number of imidazole rings is 2. The predicted octanol–water partition coefficient (Wildman–Crippen LogP) is 5.75. The smallest absolute Gasteiger partial charge is 0.213 e. The average Bonchev–Trinajstić information content (AvgIpc) is 3.62. The third-order valence-electron chi connectivity index (χ3n) is 7.69. The number of halogens is 2. The highest BCUT2D eigenvalue weighted by Gasteiger charge is 2.26. The van der Waals surface area contributed by atoms with E-state index in [1.807, 2.05) is 30.2 Å². The van der Waals surface area contributed by atoms with Crippen molar-refractivity contribution in [1.29, 1.82) is 0 Å². The van der Waals surface area contributed by atoms with Gasteiger partial charge < -0.3 is 9.47 Å². The number of fused-ring (bicyclic) bond motifs is 1. The lowest BCUT2D eigenvalue weighted by Gasteiger charge is -2.33. The SMILES string of the molecule is CSCCCN1CCC(n2cnc(-c3ccc(F)cc3)c2-c2ccc3nc(CC(=O)c4ccnc(F)c4)cn3n2)CC1. The molecule has 5 heterocycles. The maximum atomic E-state index is 13.8. The molecule has 6 rings (SSSR count). The number of benzene rings is 1. The van der Waals surface area contributed by atoms with Gasteiger partial charge in [0.25, 0.3) is 0 Å². The van der Waals surface area contributed by atoms with Crippen LogP contribution in [-0.4, -0.2) is 71.5 Å². The minimum absolute atomic E-state index is 0.0103. The van der Waals surface area contributed by atoms with Crippen molar-refractivity contribution in [3.63, 3.8) is 0 Å². The van der Waals surface area contributed by atoms with Gasteiger partial charge in [0.2, 0.25) is 5.95 Å². The Morgan fingerprint density at radius 2 is 1.86 bits per heavy atom. The van der Waals surface area contributed by atoms with Crippen LogP contribution in [0.5, 0.6) is 0 Å². The summed E-state index contributed by atoms with van der Waals surface area (Å²) in [7, 11) is 0. The Balaban J connectivity index is 1.31. The van der Waals surface area contributed by atoms with Gasteiger partial charge in [-0.2, -0.15) is 21.3 Å². The number of thioether (sulfide) groups is 1. The van der Waals surface area contributed by atoms with Crippen LogP contribution in [0.3, 0.4) is 0 Å². The number of ketones is 1. The fourth-order valence-electron chi connectivity index (χ4n) is 5.55. The monoisotopic (exact) mass is 587 g/mol. The third-order valence-corrected chi connectivity index (χ3v) is 8.38. The first kappa shape index (κ1) is 28.2. The zero-order valence-electron chi connectivity index (χ0n) is 23.3. The molecule has 0 radical (unpaired) electrons. The quantitative estimate of drug-likeness (QED) is 0.117. The van der Waals surface area contributed by atoms with Crippen molar-refractivity contribution in [2.45, 2.75) is 31.7 Å². The second kappa shape index (κ2) is 12.5. The number of hydrogen-bond donors (Lipinski definition) is 0. The van der Waals surface area contributed by atoms with Crippen molar-refractivity contribution in [3.8, 4) is 22.6 Å². The highest BCUT2D eigenvalue weighted by atomic mass is 32.2. The Labute approximate surface area is 246 Å². The summed E-state index contributed by atoms with van der Waals surface area (Å²) in [5, 5.41) is 4.88. The summed E-state index contributed by atoms with van der Waals surface area (Å²) in [4.78, 5) is 28.1. The molecule has 1 aliphatic heterocycles. The van der Waals surface area contributed by atoms with Gasteiger partial charge in [0.05, 0.1) is 36.0 Å². The molecule has 0 atom stereocenters. The normalized spacial score (nSPS) is 14.5. The topological polar surface area (TPSA) is 81.2 Å². The van der Waals surface area contributed by atoms with Crippen LogP contribution in [-0.2, 0) is 6.42 Å². The van der Waals surface area contributed by atoms with Crippen LogP contribution < -0.4 is 0 Å². The van der Waals surface area contributed by atoms with Crippen molar-refractivity contribution in [1.82, 2.24) is 34.0 Å². The predicted molar refractivity (Wildman–Crippen MR) is 160 cm³/mol. The molecule has 0 saturated carbocycles. The van der Waals surface area contributed by atoms with Crippen LogP contribution in [0.4, 0.5) is 8.78 Å². The van der Waals surface area contributed by atoms with Gasteiger partial charge >= 0.3 is 0 Å². The highest BCUT2D eigenvalue weighted by molar-refractivity contribution is 7.98. The Morgan fingerprint density at radius 1 is 1.05 bits per heavy atom. The number of rotatable bonds is 10. The fraction of sp³-hybridized carbons (Fsp3) is 0.323. The second-order valence-corrected chi connectivity index (χ2v) is 11.5. The highest BCUT2D eigenvalue weighted by Crippen LogP contribution is 2.35. The van der Waals surface area contributed by atoms with E-state index in [0.29, 0.717) is 17.0 Å². The summed E-state index contributed by atoms with van der Waals surface area (Å²) in [6.45, 7) is 3.16. The first-order valence-corrected chi connectivity index (χ1v) is 15.4. The van der Waals surface area contributed by atoms with Crippen LogP contribution in [0.2, 0.25) is 0 Å². The van der Waals surface area contributed by atoms with Gasteiger partial charge in [-0.15, -0.1) is 0 Å². The molecule has 1 saturated heterocycles. The fourth-order valence-corrected chi connectivity index (χ4v) is 5.97. The number of hydrogen-bond acceptors (Lipinski definition) is 7. The Bertz CT molecular complexity index is 1690. The summed E-state index contributed by atoms with van der Waals surface area (Å²) >= 11 is 1.88. The Hall–Kier alpha value is -3.96. The maximum absolute atomic E-state index is 13.8. The molecular formula is C31H31F2N7OS. The third kappa shape index (κ3) is 6.12. The number of nitrogens with zero attached hydrogens (tertiary/aromatic N) is 7. The number of pyridine rings is 1. The molecule has 1 fully saturated rings. The zero-order chi connectivity index (χ0) is 29.1. The van der Waals surface area contributed by atoms with Gasteiger partial charge in [-0.25, -0.2) is 23.9 Å². The van der Waals surface area contributed by atoms with Crippen molar-refractivity contribution in [2.75, 3.05) is 31.6 Å².